The highest BCUT2D eigenvalue weighted by molar-refractivity contribution is 5.92. The number of rotatable bonds is 7. The fourth-order valence-corrected chi connectivity index (χ4v) is 3.49. The van der Waals surface area contributed by atoms with Crippen molar-refractivity contribution in [3.8, 4) is 0 Å². The Balaban J connectivity index is 2.02. The summed E-state index contributed by atoms with van der Waals surface area (Å²) in [6.07, 6.45) is -11.6. The normalized spacial score (nSPS) is 12.9. The molecule has 0 aliphatic carbocycles. The number of pyridine rings is 1. The minimum Gasteiger partial charge on any atom is -0.462 e. The first-order valence-corrected chi connectivity index (χ1v) is 10.4. The highest BCUT2D eigenvalue weighted by Gasteiger charge is 2.38. The number of aliphatic hydroxyl groups is 1. The van der Waals surface area contributed by atoms with Crippen LogP contribution in [0.4, 0.5) is 37.7 Å². The second-order valence-corrected chi connectivity index (χ2v) is 7.42. The first-order chi connectivity index (χ1) is 16.4. The van der Waals surface area contributed by atoms with E-state index in [0.717, 1.165) is 12.1 Å². The molecule has 0 saturated heterocycles. The number of hydrogen-bond donors (Lipinski definition) is 3. The largest absolute Gasteiger partial charge is 0.462 e. The predicted octanol–water partition coefficient (Wildman–Crippen LogP) is 5.64. The smallest absolute Gasteiger partial charge is 0.433 e. The summed E-state index contributed by atoms with van der Waals surface area (Å²) in [5.41, 5.74) is -3.19. The summed E-state index contributed by atoms with van der Waals surface area (Å²) in [6.45, 7) is 1.39. The number of nitrogens with one attached hydrogen (secondary N) is 2. The Morgan fingerprint density at radius 1 is 1.06 bits per heavy atom. The zero-order valence-electron chi connectivity index (χ0n) is 18.5. The van der Waals surface area contributed by atoms with E-state index < -0.39 is 41.2 Å². The first kappa shape index (κ1) is 26.1. The number of nitrogens with zero attached hydrogens (tertiary/aromatic N) is 1. The molecule has 1 unspecified atom stereocenters. The Morgan fingerprint density at radius 3 is 2.37 bits per heavy atom. The van der Waals surface area contributed by atoms with Gasteiger partial charge in [-0.25, -0.2) is 9.78 Å². The van der Waals surface area contributed by atoms with Crippen LogP contribution in [-0.2, 0) is 17.1 Å². The molecule has 3 rings (SSSR count). The van der Waals surface area contributed by atoms with Crippen molar-refractivity contribution in [2.24, 2.45) is 0 Å². The number of alkyl halides is 6. The number of fused-ring (bicyclic) bond motifs is 1. The lowest BCUT2D eigenvalue weighted by Gasteiger charge is -2.20. The molecule has 6 nitrogen and oxygen atoms in total. The van der Waals surface area contributed by atoms with Gasteiger partial charge in [0.25, 0.3) is 0 Å². The standard InChI is InChI=1S/C23H21F6N3O3/c1-3-35-21(34)12-7-8-16(30-2)17(9-12)31-11-18(33)14-10-19(23(27,28)29)32-20-13(14)5-4-6-15(20)22(24,25)26/h4-10,18,30-31,33H,3,11H2,1-2H3. The van der Waals surface area contributed by atoms with Crippen molar-refractivity contribution in [2.75, 3.05) is 30.8 Å². The predicted molar refractivity (Wildman–Crippen MR) is 117 cm³/mol. The topological polar surface area (TPSA) is 83.5 Å². The van der Waals surface area contributed by atoms with Gasteiger partial charge in [0.15, 0.2) is 0 Å². The van der Waals surface area contributed by atoms with Gasteiger partial charge in [0.1, 0.15) is 5.69 Å². The highest BCUT2D eigenvalue weighted by atomic mass is 19.4. The van der Waals surface area contributed by atoms with Crippen molar-refractivity contribution >= 4 is 28.2 Å². The number of carbonyl (C=O) groups is 1. The molecular weight excluding hydrogens is 480 g/mol. The molecule has 0 saturated carbocycles. The summed E-state index contributed by atoms with van der Waals surface area (Å²) in [5.74, 6) is -0.603. The zero-order valence-corrected chi connectivity index (χ0v) is 18.5. The Kier molecular flexibility index (Phi) is 7.44. The van der Waals surface area contributed by atoms with Gasteiger partial charge in [-0.2, -0.15) is 26.3 Å². The summed E-state index contributed by atoms with van der Waals surface area (Å²) in [7, 11) is 1.59. The number of benzene rings is 2. The average molecular weight is 501 g/mol. The molecule has 0 aliphatic heterocycles. The van der Waals surface area contributed by atoms with E-state index in [9.17, 15) is 36.2 Å². The quantitative estimate of drug-likeness (QED) is 0.287. The maximum atomic E-state index is 13.4. The van der Waals surface area contributed by atoms with Gasteiger partial charge in [-0.15, -0.1) is 0 Å². The van der Waals surface area contributed by atoms with Crippen LogP contribution in [0.1, 0.15) is 40.2 Å². The lowest BCUT2D eigenvalue weighted by atomic mass is 9.99. The van der Waals surface area contributed by atoms with Crippen molar-refractivity contribution in [3.05, 3.63) is 64.8 Å². The van der Waals surface area contributed by atoms with Crippen molar-refractivity contribution in [1.82, 2.24) is 4.98 Å². The van der Waals surface area contributed by atoms with Crippen LogP contribution in [0.25, 0.3) is 10.9 Å². The molecule has 3 N–H and O–H groups in total. The second kappa shape index (κ2) is 9.98. The fourth-order valence-electron chi connectivity index (χ4n) is 3.49. The maximum absolute atomic E-state index is 13.4. The van der Waals surface area contributed by atoms with Crippen molar-refractivity contribution in [2.45, 2.75) is 25.4 Å². The van der Waals surface area contributed by atoms with Gasteiger partial charge in [-0.1, -0.05) is 12.1 Å². The molecule has 12 heteroatoms. The minimum absolute atomic E-state index is 0.144. The summed E-state index contributed by atoms with van der Waals surface area (Å²) >= 11 is 0. The minimum atomic E-state index is -5.04. The van der Waals surface area contributed by atoms with E-state index in [1.165, 1.54) is 12.1 Å². The van der Waals surface area contributed by atoms with E-state index in [2.05, 4.69) is 15.6 Å². The van der Waals surface area contributed by atoms with Crippen LogP contribution in [-0.4, -0.2) is 36.3 Å². The van der Waals surface area contributed by atoms with Gasteiger partial charge >= 0.3 is 18.3 Å². The Labute approximate surface area is 195 Å². The Hall–Kier alpha value is -3.54. The molecule has 0 bridgehead atoms. The molecule has 0 spiro atoms. The number of halogens is 6. The Bertz CT molecular complexity index is 1230. The van der Waals surface area contributed by atoms with E-state index in [4.69, 9.17) is 4.74 Å². The Morgan fingerprint density at radius 2 is 1.77 bits per heavy atom. The summed E-state index contributed by atoms with van der Waals surface area (Å²) in [4.78, 5) is 15.2. The van der Waals surface area contributed by atoms with Crippen molar-refractivity contribution < 1.29 is 41.0 Å². The van der Waals surface area contributed by atoms with Crippen LogP contribution < -0.4 is 10.6 Å². The molecule has 1 aromatic heterocycles. The van der Waals surface area contributed by atoms with Crippen LogP contribution in [0.3, 0.4) is 0 Å². The van der Waals surface area contributed by atoms with Gasteiger partial charge in [-0.3, -0.25) is 0 Å². The van der Waals surface area contributed by atoms with Crippen LogP contribution in [0.15, 0.2) is 42.5 Å². The number of hydrogen-bond acceptors (Lipinski definition) is 6. The van der Waals surface area contributed by atoms with Gasteiger partial charge in [-0.05, 0) is 42.8 Å². The number of aromatic nitrogens is 1. The summed E-state index contributed by atoms with van der Waals surface area (Å²) in [6, 6.07) is 7.83. The van der Waals surface area contributed by atoms with Crippen molar-refractivity contribution in [1.29, 1.82) is 0 Å². The molecule has 3 aromatic rings. The van der Waals surface area contributed by atoms with E-state index in [1.54, 1.807) is 20.0 Å². The van der Waals surface area contributed by atoms with Crippen LogP contribution in [0, 0.1) is 0 Å². The first-order valence-electron chi connectivity index (χ1n) is 10.4. The number of esters is 1. The maximum Gasteiger partial charge on any atom is 0.433 e. The lowest BCUT2D eigenvalue weighted by Crippen LogP contribution is -2.17. The number of ether oxygens (including phenoxy) is 1. The SMILES string of the molecule is CCOC(=O)c1ccc(NC)c(NCC(O)c2cc(C(F)(F)F)nc3c(C(F)(F)F)cccc23)c1. The van der Waals surface area contributed by atoms with Gasteiger partial charge in [0.05, 0.1) is 40.7 Å². The molecule has 0 fully saturated rings. The molecule has 1 atom stereocenters. The number of anilines is 2. The van der Waals surface area contributed by atoms with E-state index >= 15 is 0 Å². The molecule has 35 heavy (non-hydrogen) atoms. The molecule has 2 aromatic carbocycles. The monoisotopic (exact) mass is 501 g/mol. The van der Waals surface area contributed by atoms with Gasteiger partial charge < -0.3 is 20.5 Å². The van der Waals surface area contributed by atoms with E-state index in [0.29, 0.717) is 23.5 Å². The number of carbonyl (C=O) groups excluding carboxylic acids is 1. The number of para-hydroxylation sites is 1. The second-order valence-electron chi connectivity index (χ2n) is 7.42. The van der Waals surface area contributed by atoms with Gasteiger partial charge in [0.2, 0.25) is 0 Å². The zero-order chi connectivity index (χ0) is 26.0. The average Bonchev–Trinajstić information content (AvgIpc) is 2.80. The number of aliphatic hydroxyl groups excluding tert-OH is 1. The molecule has 1 heterocycles. The third-order valence-corrected chi connectivity index (χ3v) is 5.11. The van der Waals surface area contributed by atoms with E-state index in [1.807, 2.05) is 0 Å². The molecule has 0 amide bonds. The highest BCUT2D eigenvalue weighted by Crippen LogP contribution is 2.39. The molecule has 188 valence electrons. The summed E-state index contributed by atoms with van der Waals surface area (Å²) in [5, 5.41) is 16.2. The third kappa shape index (κ3) is 5.76. The van der Waals surface area contributed by atoms with Gasteiger partial charge in [0, 0.05) is 19.0 Å². The molecule has 0 radical (unpaired) electrons. The third-order valence-electron chi connectivity index (χ3n) is 5.11. The summed E-state index contributed by atoms with van der Waals surface area (Å²) < 4.78 is 85.6. The molecule has 0 aliphatic rings. The van der Waals surface area contributed by atoms with Crippen LogP contribution >= 0.6 is 0 Å². The van der Waals surface area contributed by atoms with Crippen LogP contribution in [0.5, 0.6) is 0 Å². The van der Waals surface area contributed by atoms with Crippen LogP contribution in [0.2, 0.25) is 0 Å². The van der Waals surface area contributed by atoms with E-state index in [-0.39, 0.29) is 29.7 Å². The van der Waals surface area contributed by atoms with Crippen molar-refractivity contribution in [3.63, 3.8) is 0 Å². The lowest BCUT2D eigenvalue weighted by molar-refractivity contribution is -0.142. The fraction of sp³-hybridized carbons (Fsp3) is 0.304. The molecular formula is C23H21F6N3O3.